The Bertz CT molecular complexity index is 736. The molecule has 106 valence electrons. The van der Waals surface area contributed by atoms with E-state index in [0.717, 1.165) is 0 Å². The summed E-state index contributed by atoms with van der Waals surface area (Å²) in [5.41, 5.74) is 1.34. The van der Waals surface area contributed by atoms with Crippen molar-refractivity contribution in [2.24, 2.45) is 10.2 Å². The fraction of sp³-hybridized carbons (Fsp3) is 0. The lowest BCUT2D eigenvalue weighted by molar-refractivity contribution is 1.24. The van der Waals surface area contributed by atoms with Crippen LogP contribution in [0.5, 0.6) is 0 Å². The average Bonchev–Trinajstić information content (AvgIpc) is 2.54. The van der Waals surface area contributed by atoms with Crippen LogP contribution in [0, 0.1) is 22.7 Å². The van der Waals surface area contributed by atoms with Crippen LogP contribution in [-0.4, -0.2) is 11.4 Å². The van der Waals surface area contributed by atoms with Gasteiger partial charge < -0.3 is 0 Å². The zero-order valence-corrected chi connectivity index (χ0v) is 12.7. The molecule has 2 rings (SSSR count). The van der Waals surface area contributed by atoms with Crippen LogP contribution in [0.25, 0.3) is 0 Å². The van der Waals surface area contributed by atoms with Gasteiger partial charge in [0.2, 0.25) is 0 Å². The van der Waals surface area contributed by atoms with Crippen LogP contribution in [0.1, 0.15) is 11.1 Å². The van der Waals surface area contributed by atoms with Gasteiger partial charge in [-0.2, -0.15) is 10.5 Å². The van der Waals surface area contributed by atoms with Gasteiger partial charge in [-0.25, -0.2) is 0 Å². The lowest BCUT2D eigenvalue weighted by atomic mass is 10.1. The van der Waals surface area contributed by atoms with Crippen LogP contribution in [0.2, 0.25) is 10.0 Å². The highest BCUT2D eigenvalue weighted by molar-refractivity contribution is 6.31. The van der Waals surface area contributed by atoms with Crippen molar-refractivity contribution in [3.8, 4) is 12.1 Å². The molecular weight excluding hydrogens is 319 g/mol. The zero-order chi connectivity index (χ0) is 15.9. The molecule has 0 amide bonds. The Morgan fingerprint density at radius 1 is 0.682 bits per heavy atom. The van der Waals surface area contributed by atoms with E-state index in [2.05, 4.69) is 10.2 Å². The van der Waals surface area contributed by atoms with Gasteiger partial charge in [0.15, 0.2) is 11.4 Å². The molecule has 0 aliphatic rings. The molecule has 2 aromatic rings. The van der Waals surface area contributed by atoms with Crippen molar-refractivity contribution in [2.45, 2.75) is 0 Å². The highest BCUT2D eigenvalue weighted by atomic mass is 35.5. The van der Waals surface area contributed by atoms with Crippen LogP contribution < -0.4 is 0 Å². The SMILES string of the molecule is N#C/C(=N\N=C(\C#N)c1ccc(Cl)cc1)c1ccc(Cl)cc1. The summed E-state index contributed by atoms with van der Waals surface area (Å²) in [6, 6.07) is 17.1. The molecule has 0 saturated carbocycles. The quantitative estimate of drug-likeness (QED) is 0.625. The number of hydrogen-bond acceptors (Lipinski definition) is 4. The molecule has 0 spiro atoms. The van der Waals surface area contributed by atoms with E-state index in [1.165, 1.54) is 0 Å². The molecule has 6 heteroatoms. The first-order chi connectivity index (χ1) is 10.6. The van der Waals surface area contributed by atoms with E-state index in [-0.39, 0.29) is 11.4 Å². The second kappa shape index (κ2) is 7.38. The Balaban J connectivity index is 2.36. The molecule has 0 fully saturated rings. The van der Waals surface area contributed by atoms with E-state index in [9.17, 15) is 0 Å². The largest absolute Gasteiger partial charge is 0.191 e. The maximum absolute atomic E-state index is 9.16. The highest BCUT2D eigenvalue weighted by Gasteiger charge is 2.05. The first-order valence-corrected chi connectivity index (χ1v) is 6.87. The van der Waals surface area contributed by atoms with Crippen LogP contribution >= 0.6 is 23.2 Å². The van der Waals surface area contributed by atoms with E-state index in [4.69, 9.17) is 33.7 Å². The Morgan fingerprint density at radius 3 is 1.27 bits per heavy atom. The van der Waals surface area contributed by atoms with Gasteiger partial charge in [-0.05, 0) is 24.3 Å². The summed E-state index contributed by atoms with van der Waals surface area (Å²) in [5.74, 6) is 0. The maximum atomic E-state index is 9.16. The Kier molecular flexibility index (Phi) is 5.27. The summed E-state index contributed by atoms with van der Waals surface area (Å²) >= 11 is 11.6. The molecular formula is C16H8Cl2N4. The van der Waals surface area contributed by atoms with Crippen molar-refractivity contribution < 1.29 is 0 Å². The molecule has 0 heterocycles. The lowest BCUT2D eigenvalue weighted by Crippen LogP contribution is -1.99. The van der Waals surface area contributed by atoms with Gasteiger partial charge in [-0.15, -0.1) is 10.2 Å². The van der Waals surface area contributed by atoms with Crippen LogP contribution in [0.4, 0.5) is 0 Å². The fourth-order valence-corrected chi connectivity index (χ4v) is 1.86. The fourth-order valence-electron chi connectivity index (χ4n) is 1.60. The van der Waals surface area contributed by atoms with Crippen LogP contribution in [0.15, 0.2) is 58.7 Å². The third-order valence-electron chi connectivity index (χ3n) is 2.70. The molecule has 0 unspecified atom stereocenters. The second-order valence-corrected chi connectivity index (χ2v) is 5.01. The number of halogens is 2. The van der Waals surface area contributed by atoms with E-state index in [0.29, 0.717) is 21.2 Å². The predicted octanol–water partition coefficient (Wildman–Crippen LogP) is 4.23. The smallest absolute Gasteiger partial charge is 0.170 e. The van der Waals surface area contributed by atoms with Gasteiger partial charge in [-0.3, -0.25) is 0 Å². The van der Waals surface area contributed by atoms with Crippen molar-refractivity contribution in [3.63, 3.8) is 0 Å². The van der Waals surface area contributed by atoms with Gasteiger partial charge >= 0.3 is 0 Å². The molecule has 0 aliphatic heterocycles. The molecule has 0 saturated heterocycles. The first kappa shape index (κ1) is 15.7. The van der Waals surface area contributed by atoms with E-state index < -0.39 is 0 Å². The minimum Gasteiger partial charge on any atom is -0.191 e. The van der Waals surface area contributed by atoms with Crippen molar-refractivity contribution in [1.29, 1.82) is 10.5 Å². The zero-order valence-electron chi connectivity index (χ0n) is 11.2. The standard InChI is InChI=1S/C16H8Cl2N4/c17-13-5-1-11(2-6-13)15(9-19)21-22-16(10-20)12-3-7-14(18)8-4-12/h1-8H/b21-15-,22-16+. The molecule has 0 N–H and O–H groups in total. The normalized spacial score (nSPS) is 11.6. The predicted molar refractivity (Wildman–Crippen MR) is 87.2 cm³/mol. The average molecular weight is 327 g/mol. The van der Waals surface area contributed by atoms with Crippen molar-refractivity contribution in [2.75, 3.05) is 0 Å². The highest BCUT2D eigenvalue weighted by Crippen LogP contribution is 2.12. The summed E-state index contributed by atoms with van der Waals surface area (Å²) in [7, 11) is 0. The van der Waals surface area contributed by atoms with E-state index in [1.807, 2.05) is 12.1 Å². The molecule has 0 atom stereocenters. The van der Waals surface area contributed by atoms with E-state index >= 15 is 0 Å². The molecule has 2 aromatic carbocycles. The van der Waals surface area contributed by atoms with Gasteiger partial charge in [0.1, 0.15) is 12.1 Å². The van der Waals surface area contributed by atoms with Gasteiger partial charge in [0.25, 0.3) is 0 Å². The lowest BCUT2D eigenvalue weighted by Gasteiger charge is -1.98. The summed E-state index contributed by atoms with van der Waals surface area (Å²) in [4.78, 5) is 0. The molecule has 0 aliphatic carbocycles. The summed E-state index contributed by atoms with van der Waals surface area (Å²) in [6.45, 7) is 0. The summed E-state index contributed by atoms with van der Waals surface area (Å²) < 4.78 is 0. The number of nitrogens with zero attached hydrogens (tertiary/aromatic N) is 4. The van der Waals surface area contributed by atoms with Gasteiger partial charge in [-0.1, -0.05) is 47.5 Å². The maximum Gasteiger partial charge on any atom is 0.170 e. The first-order valence-electron chi connectivity index (χ1n) is 6.12. The number of hydrogen-bond donors (Lipinski definition) is 0. The number of benzene rings is 2. The number of rotatable bonds is 3. The molecule has 4 nitrogen and oxygen atoms in total. The topological polar surface area (TPSA) is 72.3 Å². The second-order valence-electron chi connectivity index (χ2n) is 4.13. The van der Waals surface area contributed by atoms with Crippen molar-refractivity contribution in [3.05, 3.63) is 69.7 Å². The monoisotopic (exact) mass is 326 g/mol. The minimum atomic E-state index is 0.0957. The van der Waals surface area contributed by atoms with Crippen LogP contribution in [-0.2, 0) is 0 Å². The van der Waals surface area contributed by atoms with Gasteiger partial charge in [0.05, 0.1) is 0 Å². The third kappa shape index (κ3) is 3.93. The third-order valence-corrected chi connectivity index (χ3v) is 3.20. The molecule has 0 aromatic heterocycles. The van der Waals surface area contributed by atoms with Crippen molar-refractivity contribution >= 4 is 34.6 Å². The number of nitriles is 2. The van der Waals surface area contributed by atoms with Gasteiger partial charge in [0, 0.05) is 21.2 Å². The summed E-state index contributed by atoms with van der Waals surface area (Å²) in [6.07, 6.45) is 0. The Labute approximate surface area is 137 Å². The Morgan fingerprint density at radius 2 is 1.00 bits per heavy atom. The van der Waals surface area contributed by atoms with E-state index in [1.54, 1.807) is 48.5 Å². The minimum absolute atomic E-state index is 0.0957. The molecule has 0 bridgehead atoms. The Hall–Kier alpha value is -2.66. The molecule has 22 heavy (non-hydrogen) atoms. The van der Waals surface area contributed by atoms with Crippen molar-refractivity contribution in [1.82, 2.24) is 0 Å². The molecule has 0 radical (unpaired) electrons. The van der Waals surface area contributed by atoms with Crippen LogP contribution in [0.3, 0.4) is 0 Å². The summed E-state index contributed by atoms with van der Waals surface area (Å²) in [5, 5.41) is 27.1.